The van der Waals surface area contributed by atoms with Gasteiger partial charge >= 0.3 is 0 Å². The highest BCUT2D eigenvalue weighted by molar-refractivity contribution is 4.91. The topological polar surface area (TPSA) is 76.8 Å². The molecule has 0 aromatic carbocycles. The van der Waals surface area contributed by atoms with Crippen molar-refractivity contribution < 1.29 is 19.1 Å². The van der Waals surface area contributed by atoms with Gasteiger partial charge in [-0.15, -0.1) is 0 Å². The Labute approximate surface area is 94.5 Å². The fourth-order valence-electron chi connectivity index (χ4n) is 1.12. The molecule has 0 spiro atoms. The van der Waals surface area contributed by atoms with Crippen LogP contribution in [0.25, 0.3) is 0 Å². The molecule has 1 heterocycles. The first kappa shape index (κ1) is 13.1. The first-order valence-corrected chi connectivity index (χ1v) is 5.18. The molecule has 0 aliphatic rings. The molecule has 0 radical (unpaired) electrons. The lowest BCUT2D eigenvalue weighted by molar-refractivity contribution is 0.0135. The van der Waals surface area contributed by atoms with Crippen LogP contribution in [0.4, 0.5) is 0 Å². The predicted octanol–water partition coefficient (Wildman–Crippen LogP) is -0.212. The summed E-state index contributed by atoms with van der Waals surface area (Å²) in [6.07, 6.45) is 1.06. The molecule has 0 aliphatic carbocycles. The number of methoxy groups -OCH3 is 1. The molecule has 1 aromatic rings. The Bertz CT molecular complexity index is 253. The van der Waals surface area contributed by atoms with Crippen LogP contribution in [0.2, 0.25) is 0 Å². The number of aliphatic hydroxyl groups excluding tert-OH is 1. The average Bonchev–Trinajstić information content (AvgIpc) is 2.77. The van der Waals surface area contributed by atoms with Gasteiger partial charge in [-0.25, -0.2) is 0 Å². The van der Waals surface area contributed by atoms with Crippen molar-refractivity contribution in [2.75, 3.05) is 33.5 Å². The van der Waals surface area contributed by atoms with E-state index in [2.05, 4.69) is 10.5 Å². The number of hydrogen-bond acceptors (Lipinski definition) is 6. The van der Waals surface area contributed by atoms with E-state index < -0.39 is 6.10 Å². The highest BCUT2D eigenvalue weighted by Gasteiger charge is 2.04. The summed E-state index contributed by atoms with van der Waals surface area (Å²) in [7, 11) is 1.61. The van der Waals surface area contributed by atoms with Gasteiger partial charge in [0.2, 0.25) is 0 Å². The minimum absolute atomic E-state index is 0.298. The van der Waals surface area contributed by atoms with E-state index in [1.54, 1.807) is 19.4 Å². The monoisotopic (exact) mass is 230 g/mol. The van der Waals surface area contributed by atoms with Crippen LogP contribution < -0.4 is 5.32 Å². The Morgan fingerprint density at radius 2 is 2.44 bits per heavy atom. The number of nitrogens with one attached hydrogen (secondary N) is 1. The lowest BCUT2D eigenvalue weighted by Crippen LogP contribution is -2.30. The van der Waals surface area contributed by atoms with Gasteiger partial charge in [-0.2, -0.15) is 0 Å². The molecule has 0 saturated carbocycles. The first-order valence-electron chi connectivity index (χ1n) is 5.18. The van der Waals surface area contributed by atoms with Crippen molar-refractivity contribution in [3.8, 4) is 0 Å². The van der Waals surface area contributed by atoms with Gasteiger partial charge in [0.1, 0.15) is 5.76 Å². The third-order valence-corrected chi connectivity index (χ3v) is 1.91. The quantitative estimate of drug-likeness (QED) is 0.572. The van der Waals surface area contributed by atoms with Gasteiger partial charge in [-0.05, 0) is 0 Å². The van der Waals surface area contributed by atoms with Gasteiger partial charge in [0.25, 0.3) is 0 Å². The standard InChI is InChI=1S/C10H18N2O4/c1-14-4-5-15-8-9(13)6-11-7-10-2-3-12-16-10/h2-3,9,11,13H,4-8H2,1H3. The average molecular weight is 230 g/mol. The lowest BCUT2D eigenvalue weighted by atomic mass is 10.3. The Kier molecular flexibility index (Phi) is 6.75. The van der Waals surface area contributed by atoms with Crippen LogP contribution in [0.3, 0.4) is 0 Å². The molecule has 6 nitrogen and oxygen atoms in total. The van der Waals surface area contributed by atoms with Crippen molar-refractivity contribution in [2.45, 2.75) is 12.6 Å². The van der Waals surface area contributed by atoms with E-state index in [4.69, 9.17) is 14.0 Å². The van der Waals surface area contributed by atoms with Crippen LogP contribution in [0.15, 0.2) is 16.8 Å². The highest BCUT2D eigenvalue weighted by Crippen LogP contribution is 1.95. The summed E-state index contributed by atoms with van der Waals surface area (Å²) in [6, 6.07) is 1.77. The molecule has 1 unspecified atom stereocenters. The molecule has 0 bridgehead atoms. The summed E-state index contributed by atoms with van der Waals surface area (Å²) in [5.41, 5.74) is 0. The summed E-state index contributed by atoms with van der Waals surface area (Å²) in [4.78, 5) is 0. The second kappa shape index (κ2) is 8.23. The Morgan fingerprint density at radius 3 is 3.12 bits per heavy atom. The second-order valence-electron chi connectivity index (χ2n) is 3.33. The van der Waals surface area contributed by atoms with Crippen molar-refractivity contribution in [3.05, 3.63) is 18.0 Å². The maximum absolute atomic E-state index is 9.50. The Balaban J connectivity index is 1.95. The zero-order chi connectivity index (χ0) is 11.6. The van der Waals surface area contributed by atoms with Crippen molar-refractivity contribution in [2.24, 2.45) is 0 Å². The molecule has 1 rings (SSSR count). The molecule has 1 aromatic heterocycles. The van der Waals surface area contributed by atoms with Gasteiger partial charge in [0.15, 0.2) is 0 Å². The van der Waals surface area contributed by atoms with Gasteiger partial charge in [-0.1, -0.05) is 5.16 Å². The molecule has 0 saturated heterocycles. The number of hydrogen-bond donors (Lipinski definition) is 2. The second-order valence-corrected chi connectivity index (χ2v) is 3.33. The summed E-state index contributed by atoms with van der Waals surface area (Å²) in [5.74, 6) is 0.743. The van der Waals surface area contributed by atoms with Crippen LogP contribution in [0.5, 0.6) is 0 Å². The molecule has 0 amide bonds. The van der Waals surface area contributed by atoms with Crippen LogP contribution in [-0.2, 0) is 16.0 Å². The van der Waals surface area contributed by atoms with E-state index >= 15 is 0 Å². The number of ether oxygens (including phenoxy) is 2. The molecular weight excluding hydrogens is 212 g/mol. The summed E-state index contributed by atoms with van der Waals surface area (Å²) in [6.45, 7) is 2.34. The Morgan fingerprint density at radius 1 is 1.56 bits per heavy atom. The predicted molar refractivity (Wildman–Crippen MR) is 56.9 cm³/mol. The van der Waals surface area contributed by atoms with Crippen molar-refractivity contribution >= 4 is 0 Å². The van der Waals surface area contributed by atoms with E-state index in [-0.39, 0.29) is 0 Å². The zero-order valence-electron chi connectivity index (χ0n) is 9.39. The van der Waals surface area contributed by atoms with Crippen molar-refractivity contribution in [1.82, 2.24) is 10.5 Å². The van der Waals surface area contributed by atoms with Gasteiger partial charge in [-0.3, -0.25) is 0 Å². The van der Waals surface area contributed by atoms with Crippen LogP contribution in [-0.4, -0.2) is 49.8 Å². The smallest absolute Gasteiger partial charge is 0.150 e. The highest BCUT2D eigenvalue weighted by atomic mass is 16.5. The molecule has 92 valence electrons. The van der Waals surface area contributed by atoms with Crippen molar-refractivity contribution in [3.63, 3.8) is 0 Å². The lowest BCUT2D eigenvalue weighted by Gasteiger charge is -2.11. The maximum Gasteiger partial charge on any atom is 0.150 e. The molecular formula is C10H18N2O4. The minimum atomic E-state index is -0.528. The van der Waals surface area contributed by atoms with Gasteiger partial charge in [0.05, 0.1) is 38.7 Å². The van der Waals surface area contributed by atoms with Crippen molar-refractivity contribution in [1.29, 1.82) is 0 Å². The van der Waals surface area contributed by atoms with E-state index in [0.29, 0.717) is 32.9 Å². The number of nitrogens with zero attached hydrogens (tertiary/aromatic N) is 1. The molecule has 1 atom stereocenters. The SMILES string of the molecule is COCCOCC(O)CNCc1ccno1. The zero-order valence-corrected chi connectivity index (χ0v) is 9.39. The van der Waals surface area contributed by atoms with E-state index in [1.165, 1.54) is 0 Å². The number of aliphatic hydroxyl groups is 1. The van der Waals surface area contributed by atoms with E-state index in [1.807, 2.05) is 0 Å². The molecule has 2 N–H and O–H groups in total. The van der Waals surface area contributed by atoms with E-state index in [0.717, 1.165) is 5.76 Å². The molecule has 0 fully saturated rings. The summed E-state index contributed by atoms with van der Waals surface area (Å²) >= 11 is 0. The number of rotatable bonds is 9. The fourth-order valence-corrected chi connectivity index (χ4v) is 1.12. The molecule has 0 aliphatic heterocycles. The maximum atomic E-state index is 9.50. The first-order chi connectivity index (χ1) is 7.83. The largest absolute Gasteiger partial charge is 0.389 e. The third-order valence-electron chi connectivity index (χ3n) is 1.91. The minimum Gasteiger partial charge on any atom is -0.389 e. The van der Waals surface area contributed by atoms with E-state index in [9.17, 15) is 5.11 Å². The van der Waals surface area contributed by atoms with Crippen LogP contribution in [0.1, 0.15) is 5.76 Å². The van der Waals surface area contributed by atoms with Crippen LogP contribution >= 0.6 is 0 Å². The molecule has 6 heteroatoms. The summed E-state index contributed by atoms with van der Waals surface area (Å²) < 4.78 is 14.9. The summed E-state index contributed by atoms with van der Waals surface area (Å²) in [5, 5.41) is 16.1. The third kappa shape index (κ3) is 5.82. The van der Waals surface area contributed by atoms with Gasteiger partial charge < -0.3 is 24.4 Å². The van der Waals surface area contributed by atoms with Crippen LogP contribution in [0, 0.1) is 0 Å². The fraction of sp³-hybridized carbons (Fsp3) is 0.700. The Hall–Kier alpha value is -0.950. The normalized spacial score (nSPS) is 12.9. The number of aromatic nitrogens is 1. The van der Waals surface area contributed by atoms with Gasteiger partial charge in [0, 0.05) is 19.7 Å². The molecule has 16 heavy (non-hydrogen) atoms.